The van der Waals surface area contributed by atoms with Crippen molar-refractivity contribution in [1.82, 2.24) is 10.3 Å². The number of hydrogen-bond acceptors (Lipinski definition) is 7. The highest BCUT2D eigenvalue weighted by atomic mass is 32.1. The Bertz CT molecular complexity index is 1090. The van der Waals surface area contributed by atoms with E-state index in [9.17, 15) is 0 Å². The van der Waals surface area contributed by atoms with E-state index in [0.29, 0.717) is 17.4 Å². The van der Waals surface area contributed by atoms with E-state index < -0.39 is 6.29 Å². The summed E-state index contributed by atoms with van der Waals surface area (Å²) in [5.41, 5.74) is 8.40. The molecule has 1 fully saturated rings. The van der Waals surface area contributed by atoms with Crippen LogP contribution in [-0.2, 0) is 6.54 Å². The lowest BCUT2D eigenvalue weighted by atomic mass is 10.1. The second kappa shape index (κ2) is 11.4. The molecule has 3 aromatic rings. The highest BCUT2D eigenvalue weighted by Gasteiger charge is 2.22. The standard InChI is InChI=1S/C26H32N4O3S/c1-3-4-5-24(33-22-14-8-19(9-15-22)26(27)30-31)32-21-12-6-18(7-13-21)25-23(34-17(2)29-25)16-28-20-10-11-20/h6-9,12-15,20,24,28,31H,3-5,10-11,16H2,1-2H3,(H2,27,30). The zero-order valence-electron chi connectivity index (χ0n) is 19.7. The second-order valence-electron chi connectivity index (χ2n) is 8.50. The van der Waals surface area contributed by atoms with Crippen LogP contribution in [0.4, 0.5) is 0 Å². The van der Waals surface area contributed by atoms with Gasteiger partial charge < -0.3 is 25.7 Å². The van der Waals surface area contributed by atoms with Gasteiger partial charge in [-0.1, -0.05) is 18.5 Å². The molecule has 1 aromatic heterocycles. The van der Waals surface area contributed by atoms with Crippen LogP contribution in [0.2, 0.25) is 0 Å². The van der Waals surface area contributed by atoms with E-state index in [2.05, 4.69) is 36.5 Å². The van der Waals surface area contributed by atoms with Gasteiger partial charge in [-0.25, -0.2) is 4.98 Å². The Morgan fingerprint density at radius 1 is 1.15 bits per heavy atom. The summed E-state index contributed by atoms with van der Waals surface area (Å²) in [6.45, 7) is 5.06. The van der Waals surface area contributed by atoms with Crippen molar-refractivity contribution in [2.45, 2.75) is 64.8 Å². The molecule has 34 heavy (non-hydrogen) atoms. The number of ether oxygens (including phenoxy) is 2. The van der Waals surface area contributed by atoms with E-state index >= 15 is 0 Å². The summed E-state index contributed by atoms with van der Waals surface area (Å²) >= 11 is 1.75. The van der Waals surface area contributed by atoms with Gasteiger partial charge in [0.2, 0.25) is 6.29 Å². The van der Waals surface area contributed by atoms with Gasteiger partial charge >= 0.3 is 0 Å². The van der Waals surface area contributed by atoms with Crippen molar-refractivity contribution in [1.29, 1.82) is 0 Å². The number of amidine groups is 1. The first-order valence-electron chi connectivity index (χ1n) is 11.8. The van der Waals surface area contributed by atoms with E-state index in [1.165, 1.54) is 17.7 Å². The lowest BCUT2D eigenvalue weighted by Gasteiger charge is -2.21. The Labute approximate surface area is 204 Å². The molecule has 1 aliphatic rings. The topological polar surface area (TPSA) is 102 Å². The van der Waals surface area contributed by atoms with Crippen molar-refractivity contribution in [2.24, 2.45) is 10.9 Å². The highest BCUT2D eigenvalue weighted by Crippen LogP contribution is 2.31. The maximum atomic E-state index is 8.83. The van der Waals surface area contributed by atoms with Crippen molar-refractivity contribution < 1.29 is 14.7 Å². The molecule has 1 heterocycles. The number of nitrogens with one attached hydrogen (secondary N) is 1. The minimum Gasteiger partial charge on any atom is -0.455 e. The van der Waals surface area contributed by atoms with Crippen LogP contribution in [0.1, 0.15) is 54.5 Å². The molecule has 8 heteroatoms. The first-order chi connectivity index (χ1) is 16.6. The van der Waals surface area contributed by atoms with Crippen LogP contribution in [0.3, 0.4) is 0 Å². The maximum Gasteiger partial charge on any atom is 0.241 e. The van der Waals surface area contributed by atoms with Crippen molar-refractivity contribution in [3.8, 4) is 22.8 Å². The Hall–Kier alpha value is -3.10. The molecule has 0 bridgehead atoms. The molecule has 1 atom stereocenters. The smallest absolute Gasteiger partial charge is 0.241 e. The summed E-state index contributed by atoms with van der Waals surface area (Å²) in [6, 6.07) is 15.8. The van der Waals surface area contributed by atoms with Gasteiger partial charge in [-0.05, 0) is 74.7 Å². The summed E-state index contributed by atoms with van der Waals surface area (Å²) in [5, 5.41) is 16.5. The lowest BCUT2D eigenvalue weighted by molar-refractivity contribution is -0.00211. The molecule has 2 aromatic carbocycles. The molecule has 0 spiro atoms. The van der Waals surface area contributed by atoms with Gasteiger partial charge in [0.05, 0.1) is 10.7 Å². The fraction of sp³-hybridized carbons (Fsp3) is 0.385. The average Bonchev–Trinajstić information content (AvgIpc) is 3.62. The minimum atomic E-state index is -0.416. The fourth-order valence-electron chi connectivity index (χ4n) is 3.61. The molecule has 0 aliphatic heterocycles. The van der Waals surface area contributed by atoms with Crippen LogP contribution in [0.15, 0.2) is 53.7 Å². The summed E-state index contributed by atoms with van der Waals surface area (Å²) in [5.74, 6) is 1.48. The first-order valence-corrected chi connectivity index (χ1v) is 12.6. The summed E-state index contributed by atoms with van der Waals surface area (Å²) < 4.78 is 12.3. The molecular weight excluding hydrogens is 448 g/mol. The average molecular weight is 481 g/mol. The Kier molecular flexibility index (Phi) is 8.03. The monoisotopic (exact) mass is 480 g/mol. The fourth-order valence-corrected chi connectivity index (χ4v) is 4.52. The van der Waals surface area contributed by atoms with Crippen LogP contribution < -0.4 is 20.5 Å². The predicted molar refractivity (Wildman–Crippen MR) is 136 cm³/mol. The van der Waals surface area contributed by atoms with Crippen molar-refractivity contribution >= 4 is 17.2 Å². The number of aryl methyl sites for hydroxylation is 1. The number of aromatic nitrogens is 1. The largest absolute Gasteiger partial charge is 0.455 e. The summed E-state index contributed by atoms with van der Waals surface area (Å²) in [4.78, 5) is 6.05. The van der Waals surface area contributed by atoms with Gasteiger partial charge in [0.1, 0.15) is 11.5 Å². The van der Waals surface area contributed by atoms with E-state index in [1.807, 2.05) is 12.1 Å². The molecule has 1 saturated carbocycles. The quantitative estimate of drug-likeness (QED) is 0.105. The van der Waals surface area contributed by atoms with Gasteiger partial charge in [0.25, 0.3) is 0 Å². The maximum absolute atomic E-state index is 8.83. The third kappa shape index (κ3) is 6.48. The SMILES string of the molecule is CCCCC(Oc1ccc(C(N)=NO)cc1)Oc1ccc(-c2nc(C)sc2CNC2CC2)cc1. The first kappa shape index (κ1) is 24.0. The van der Waals surface area contributed by atoms with Crippen LogP contribution in [0.25, 0.3) is 11.3 Å². The van der Waals surface area contributed by atoms with Crippen LogP contribution in [0, 0.1) is 6.92 Å². The van der Waals surface area contributed by atoms with Gasteiger partial charge in [0.15, 0.2) is 5.84 Å². The lowest BCUT2D eigenvalue weighted by Crippen LogP contribution is -2.24. The van der Waals surface area contributed by atoms with Gasteiger partial charge in [-0.15, -0.1) is 11.3 Å². The number of nitrogens with two attached hydrogens (primary N) is 1. The van der Waals surface area contributed by atoms with Crippen molar-refractivity contribution in [3.05, 3.63) is 64.0 Å². The number of nitrogens with zero attached hydrogens (tertiary/aromatic N) is 2. The Morgan fingerprint density at radius 2 is 1.79 bits per heavy atom. The molecule has 4 N–H and O–H groups in total. The van der Waals surface area contributed by atoms with Crippen LogP contribution in [0.5, 0.6) is 11.5 Å². The number of benzene rings is 2. The number of hydrogen-bond donors (Lipinski definition) is 3. The summed E-state index contributed by atoms with van der Waals surface area (Å²) in [7, 11) is 0. The number of unbranched alkanes of at least 4 members (excludes halogenated alkanes) is 1. The third-order valence-corrected chi connectivity index (χ3v) is 6.62. The third-order valence-electron chi connectivity index (χ3n) is 5.65. The second-order valence-corrected chi connectivity index (χ2v) is 9.79. The molecule has 0 saturated heterocycles. The molecule has 180 valence electrons. The van der Waals surface area contributed by atoms with E-state index in [4.69, 9.17) is 25.4 Å². The molecule has 1 unspecified atom stereocenters. The van der Waals surface area contributed by atoms with E-state index in [1.54, 1.807) is 35.6 Å². The zero-order valence-corrected chi connectivity index (χ0v) is 20.5. The van der Waals surface area contributed by atoms with Gasteiger partial charge in [-0.3, -0.25) is 0 Å². The van der Waals surface area contributed by atoms with Crippen molar-refractivity contribution in [2.75, 3.05) is 0 Å². The van der Waals surface area contributed by atoms with Crippen LogP contribution in [-0.4, -0.2) is 28.4 Å². The molecule has 1 aliphatic carbocycles. The van der Waals surface area contributed by atoms with Crippen LogP contribution >= 0.6 is 11.3 Å². The molecule has 4 rings (SSSR count). The Morgan fingerprint density at radius 3 is 2.38 bits per heavy atom. The van der Waals surface area contributed by atoms with Crippen molar-refractivity contribution in [3.63, 3.8) is 0 Å². The molecule has 0 amide bonds. The number of rotatable bonds is 12. The van der Waals surface area contributed by atoms with E-state index in [0.717, 1.165) is 47.8 Å². The summed E-state index contributed by atoms with van der Waals surface area (Å²) in [6.07, 6.45) is 4.93. The normalized spacial score (nSPS) is 14.7. The molecular formula is C26H32N4O3S. The molecule has 7 nitrogen and oxygen atoms in total. The van der Waals surface area contributed by atoms with Gasteiger partial charge in [0, 0.05) is 35.0 Å². The molecule has 0 radical (unpaired) electrons. The van der Waals surface area contributed by atoms with Gasteiger partial charge in [-0.2, -0.15) is 0 Å². The predicted octanol–water partition coefficient (Wildman–Crippen LogP) is 5.44. The number of oxime groups is 1. The Balaban J connectivity index is 1.43. The zero-order chi connectivity index (χ0) is 23.9. The minimum absolute atomic E-state index is 0.0622. The van der Waals surface area contributed by atoms with E-state index in [-0.39, 0.29) is 5.84 Å². The highest BCUT2D eigenvalue weighted by molar-refractivity contribution is 7.12. The number of thiazole rings is 1.